The molecule has 0 radical (unpaired) electrons. The van der Waals surface area contributed by atoms with Gasteiger partial charge in [-0.3, -0.25) is 4.90 Å². The number of hydrogen-bond donors (Lipinski definition) is 1. The average molecular weight is 345 g/mol. The molecule has 2 saturated heterocycles. The molecular formula is C19H31N5O. The third kappa shape index (κ3) is 4.86. The molecule has 1 aromatic rings. The number of amides is 2. The zero-order chi connectivity index (χ0) is 17.6. The molecule has 2 fully saturated rings. The number of anilines is 2. The Balaban J connectivity index is 1.49. The van der Waals surface area contributed by atoms with Crippen molar-refractivity contribution >= 4 is 17.4 Å². The van der Waals surface area contributed by atoms with Crippen LogP contribution in [0, 0.1) is 0 Å². The standard InChI is InChI=1S/C19H31N5O/c1-3-8-22-11-15-24(16-12-22)19(25)20-17-4-6-18(7-5-17)23-13-9-21(2)10-14-23/h4-7H,3,8-16H2,1-2H3,(H,20,25). The molecule has 6 heteroatoms. The number of piperazine rings is 2. The zero-order valence-electron chi connectivity index (χ0n) is 15.6. The monoisotopic (exact) mass is 345 g/mol. The molecule has 2 amide bonds. The molecule has 1 aromatic carbocycles. The Bertz CT molecular complexity index is 545. The Morgan fingerprint density at radius 3 is 2.20 bits per heavy atom. The second-order valence-electron chi connectivity index (χ2n) is 7.10. The lowest BCUT2D eigenvalue weighted by Crippen LogP contribution is -2.50. The van der Waals surface area contributed by atoms with Crippen LogP contribution in [0.1, 0.15) is 13.3 Å². The SMILES string of the molecule is CCCN1CCN(C(=O)Nc2ccc(N3CCN(C)CC3)cc2)CC1. The summed E-state index contributed by atoms with van der Waals surface area (Å²) >= 11 is 0. The second kappa shape index (κ2) is 8.54. The van der Waals surface area contributed by atoms with Crippen molar-refractivity contribution in [2.75, 3.05) is 76.2 Å². The predicted octanol–water partition coefficient (Wildman–Crippen LogP) is 2.00. The summed E-state index contributed by atoms with van der Waals surface area (Å²) in [5.41, 5.74) is 2.11. The number of urea groups is 1. The predicted molar refractivity (Wildman–Crippen MR) is 103 cm³/mol. The maximum absolute atomic E-state index is 12.4. The van der Waals surface area contributed by atoms with E-state index in [0.717, 1.165) is 64.6 Å². The zero-order valence-corrected chi connectivity index (χ0v) is 15.6. The molecule has 0 aliphatic carbocycles. The molecule has 2 heterocycles. The first kappa shape index (κ1) is 18.0. The van der Waals surface area contributed by atoms with E-state index in [2.05, 4.69) is 46.1 Å². The molecule has 138 valence electrons. The largest absolute Gasteiger partial charge is 0.369 e. The molecule has 0 aromatic heterocycles. The Kier molecular flexibility index (Phi) is 6.15. The number of carbonyl (C=O) groups is 1. The van der Waals surface area contributed by atoms with Gasteiger partial charge in [-0.15, -0.1) is 0 Å². The van der Waals surface area contributed by atoms with Crippen LogP contribution in [0.5, 0.6) is 0 Å². The average Bonchev–Trinajstić information content (AvgIpc) is 2.64. The summed E-state index contributed by atoms with van der Waals surface area (Å²) in [7, 11) is 2.16. The first-order chi connectivity index (χ1) is 12.2. The van der Waals surface area contributed by atoms with E-state index in [1.807, 2.05) is 17.0 Å². The fourth-order valence-electron chi connectivity index (χ4n) is 3.51. The number of hydrogen-bond acceptors (Lipinski definition) is 4. The highest BCUT2D eigenvalue weighted by Gasteiger charge is 2.20. The fourth-order valence-corrected chi connectivity index (χ4v) is 3.51. The summed E-state index contributed by atoms with van der Waals surface area (Å²) in [6, 6.07) is 8.27. The van der Waals surface area contributed by atoms with Gasteiger partial charge in [0.25, 0.3) is 0 Å². The van der Waals surface area contributed by atoms with Crippen LogP contribution in [-0.4, -0.2) is 86.7 Å². The quantitative estimate of drug-likeness (QED) is 0.906. The lowest BCUT2D eigenvalue weighted by molar-refractivity contribution is 0.147. The van der Waals surface area contributed by atoms with Crippen molar-refractivity contribution in [2.24, 2.45) is 0 Å². The van der Waals surface area contributed by atoms with Gasteiger partial charge in [-0.05, 0) is 44.3 Å². The van der Waals surface area contributed by atoms with Gasteiger partial charge < -0.3 is 20.0 Å². The van der Waals surface area contributed by atoms with E-state index >= 15 is 0 Å². The summed E-state index contributed by atoms with van der Waals surface area (Å²) in [5.74, 6) is 0. The first-order valence-electron chi connectivity index (χ1n) is 9.47. The van der Waals surface area contributed by atoms with Crippen LogP contribution in [0.25, 0.3) is 0 Å². The van der Waals surface area contributed by atoms with Gasteiger partial charge in [0.1, 0.15) is 0 Å². The Morgan fingerprint density at radius 2 is 1.60 bits per heavy atom. The second-order valence-corrected chi connectivity index (χ2v) is 7.10. The first-order valence-corrected chi connectivity index (χ1v) is 9.47. The van der Waals surface area contributed by atoms with Crippen LogP contribution in [0.4, 0.5) is 16.2 Å². The van der Waals surface area contributed by atoms with Gasteiger partial charge in [-0.25, -0.2) is 4.79 Å². The van der Waals surface area contributed by atoms with Crippen molar-refractivity contribution in [1.29, 1.82) is 0 Å². The molecule has 6 nitrogen and oxygen atoms in total. The van der Waals surface area contributed by atoms with Crippen molar-refractivity contribution in [1.82, 2.24) is 14.7 Å². The van der Waals surface area contributed by atoms with E-state index < -0.39 is 0 Å². The molecule has 25 heavy (non-hydrogen) atoms. The van der Waals surface area contributed by atoms with Crippen molar-refractivity contribution < 1.29 is 4.79 Å². The van der Waals surface area contributed by atoms with Gasteiger partial charge in [0.2, 0.25) is 0 Å². The lowest BCUT2D eigenvalue weighted by atomic mass is 10.2. The highest BCUT2D eigenvalue weighted by Crippen LogP contribution is 2.19. The third-order valence-electron chi connectivity index (χ3n) is 5.19. The van der Waals surface area contributed by atoms with E-state index in [1.165, 1.54) is 12.1 Å². The molecule has 0 unspecified atom stereocenters. The van der Waals surface area contributed by atoms with Gasteiger partial charge in [0, 0.05) is 63.7 Å². The number of carbonyl (C=O) groups excluding carboxylic acids is 1. The van der Waals surface area contributed by atoms with E-state index in [9.17, 15) is 4.79 Å². The highest BCUT2D eigenvalue weighted by molar-refractivity contribution is 5.89. The van der Waals surface area contributed by atoms with Crippen LogP contribution in [0.15, 0.2) is 24.3 Å². The molecule has 2 aliphatic rings. The lowest BCUT2D eigenvalue weighted by Gasteiger charge is -2.35. The van der Waals surface area contributed by atoms with E-state index in [-0.39, 0.29) is 6.03 Å². The molecule has 2 aliphatic heterocycles. The minimum Gasteiger partial charge on any atom is -0.369 e. The number of likely N-dealkylation sites (N-methyl/N-ethyl adjacent to an activating group) is 1. The summed E-state index contributed by atoms with van der Waals surface area (Å²) in [4.78, 5) is 21.5. The van der Waals surface area contributed by atoms with E-state index in [1.54, 1.807) is 0 Å². The molecule has 0 atom stereocenters. The smallest absolute Gasteiger partial charge is 0.321 e. The van der Waals surface area contributed by atoms with Crippen LogP contribution in [0.3, 0.4) is 0 Å². The maximum Gasteiger partial charge on any atom is 0.321 e. The van der Waals surface area contributed by atoms with E-state index in [0.29, 0.717) is 0 Å². The van der Waals surface area contributed by atoms with Crippen LogP contribution >= 0.6 is 0 Å². The summed E-state index contributed by atoms with van der Waals surface area (Å²) in [6.07, 6.45) is 1.17. The summed E-state index contributed by atoms with van der Waals surface area (Å²) in [5, 5.41) is 3.04. The van der Waals surface area contributed by atoms with Gasteiger partial charge in [0.15, 0.2) is 0 Å². The van der Waals surface area contributed by atoms with Crippen molar-refractivity contribution in [3.8, 4) is 0 Å². The van der Waals surface area contributed by atoms with Crippen molar-refractivity contribution in [3.05, 3.63) is 24.3 Å². The minimum absolute atomic E-state index is 0.0171. The van der Waals surface area contributed by atoms with Crippen LogP contribution in [-0.2, 0) is 0 Å². The number of benzene rings is 1. The van der Waals surface area contributed by atoms with Crippen molar-refractivity contribution in [3.63, 3.8) is 0 Å². The van der Waals surface area contributed by atoms with E-state index in [4.69, 9.17) is 0 Å². The molecule has 1 N–H and O–H groups in total. The number of nitrogens with one attached hydrogen (secondary N) is 1. The Morgan fingerprint density at radius 1 is 0.960 bits per heavy atom. The molecule has 0 spiro atoms. The molecule has 3 rings (SSSR count). The normalized spacial score (nSPS) is 19.9. The van der Waals surface area contributed by atoms with Crippen LogP contribution < -0.4 is 10.2 Å². The Labute approximate surface area is 151 Å². The highest BCUT2D eigenvalue weighted by atomic mass is 16.2. The van der Waals surface area contributed by atoms with Gasteiger partial charge >= 0.3 is 6.03 Å². The summed E-state index contributed by atoms with van der Waals surface area (Å²) < 4.78 is 0. The minimum atomic E-state index is 0.0171. The fraction of sp³-hybridized carbons (Fsp3) is 0.632. The molecular weight excluding hydrogens is 314 g/mol. The third-order valence-corrected chi connectivity index (χ3v) is 5.19. The van der Waals surface area contributed by atoms with Gasteiger partial charge in [-0.2, -0.15) is 0 Å². The van der Waals surface area contributed by atoms with Crippen molar-refractivity contribution in [2.45, 2.75) is 13.3 Å². The number of rotatable bonds is 4. The summed E-state index contributed by atoms with van der Waals surface area (Å²) in [6.45, 7) is 11.2. The molecule has 0 bridgehead atoms. The number of nitrogens with zero attached hydrogens (tertiary/aromatic N) is 4. The topological polar surface area (TPSA) is 42.1 Å². The van der Waals surface area contributed by atoms with Gasteiger partial charge in [0.05, 0.1) is 0 Å². The van der Waals surface area contributed by atoms with Gasteiger partial charge in [-0.1, -0.05) is 6.92 Å². The Hall–Kier alpha value is -1.79. The maximum atomic E-state index is 12.4. The molecule has 0 saturated carbocycles. The van der Waals surface area contributed by atoms with Crippen LogP contribution in [0.2, 0.25) is 0 Å².